The van der Waals surface area contributed by atoms with E-state index in [0.717, 1.165) is 32.9 Å². The predicted octanol–water partition coefficient (Wildman–Crippen LogP) is 4.28. The Labute approximate surface area is 175 Å². The van der Waals surface area contributed by atoms with E-state index in [1.807, 2.05) is 12.1 Å². The predicted molar refractivity (Wildman–Crippen MR) is 112 cm³/mol. The van der Waals surface area contributed by atoms with Gasteiger partial charge in [-0.05, 0) is 70.8 Å². The zero-order valence-electron chi connectivity index (χ0n) is 15.2. The Kier molecular flexibility index (Phi) is 6.03. The molecule has 1 aromatic heterocycles. The lowest BCUT2D eigenvalue weighted by Crippen LogP contribution is -2.26. The summed E-state index contributed by atoms with van der Waals surface area (Å²) in [6.45, 7) is 1.34. The molecule has 1 aliphatic rings. The number of carbonyl (C=O) groups is 1. The van der Waals surface area contributed by atoms with Gasteiger partial charge in [0.1, 0.15) is 12.4 Å². The molecule has 0 spiro atoms. The Balaban J connectivity index is 1.62. The van der Waals surface area contributed by atoms with Gasteiger partial charge in [0.15, 0.2) is 5.78 Å². The standard InChI is InChI=1S/C21H20FIN2O3/c22-19-10-14(23)2-1-13(19)9-17-16(3-4-20-18(17)11-24-25-20)21(26)12-28-15-5-7-27-8-6-15/h1-4,10-11,15H,5-9,12H2,(H,24,25). The molecule has 28 heavy (non-hydrogen) atoms. The van der Waals surface area contributed by atoms with Crippen LogP contribution in [0.3, 0.4) is 0 Å². The van der Waals surface area contributed by atoms with Crippen LogP contribution in [-0.4, -0.2) is 41.9 Å². The van der Waals surface area contributed by atoms with E-state index in [-0.39, 0.29) is 24.3 Å². The summed E-state index contributed by atoms with van der Waals surface area (Å²) in [6, 6.07) is 8.74. The van der Waals surface area contributed by atoms with Crippen LogP contribution in [0.4, 0.5) is 4.39 Å². The molecule has 0 saturated carbocycles. The van der Waals surface area contributed by atoms with Crippen molar-refractivity contribution in [2.75, 3.05) is 19.8 Å². The van der Waals surface area contributed by atoms with E-state index in [1.165, 1.54) is 6.07 Å². The van der Waals surface area contributed by atoms with E-state index in [4.69, 9.17) is 9.47 Å². The first-order valence-corrected chi connectivity index (χ1v) is 10.3. The molecule has 2 aromatic carbocycles. The molecule has 0 bridgehead atoms. The number of nitrogens with one attached hydrogen (secondary N) is 1. The molecule has 3 aromatic rings. The SMILES string of the molecule is O=C(COC1CCOCC1)c1ccc2[nH]ncc2c1Cc1ccc(I)cc1F. The van der Waals surface area contributed by atoms with Crippen molar-refractivity contribution < 1.29 is 18.7 Å². The van der Waals surface area contributed by atoms with Crippen LogP contribution in [0.1, 0.15) is 34.3 Å². The average molecular weight is 494 g/mol. The monoisotopic (exact) mass is 494 g/mol. The van der Waals surface area contributed by atoms with Crippen molar-refractivity contribution in [3.05, 3.63) is 62.6 Å². The van der Waals surface area contributed by atoms with E-state index < -0.39 is 0 Å². The Morgan fingerprint density at radius 3 is 2.89 bits per heavy atom. The second kappa shape index (κ2) is 8.67. The lowest BCUT2D eigenvalue weighted by atomic mass is 9.94. The number of aromatic nitrogens is 2. The smallest absolute Gasteiger partial charge is 0.188 e. The van der Waals surface area contributed by atoms with Gasteiger partial charge in [-0.2, -0.15) is 5.10 Å². The van der Waals surface area contributed by atoms with Crippen molar-refractivity contribution in [3.8, 4) is 0 Å². The molecule has 1 N–H and O–H groups in total. The van der Waals surface area contributed by atoms with E-state index >= 15 is 0 Å². The number of rotatable bonds is 6. The zero-order chi connectivity index (χ0) is 19.5. The highest BCUT2D eigenvalue weighted by Gasteiger charge is 2.20. The molecule has 146 valence electrons. The average Bonchev–Trinajstić information content (AvgIpc) is 3.18. The summed E-state index contributed by atoms with van der Waals surface area (Å²) >= 11 is 2.08. The number of ether oxygens (including phenoxy) is 2. The summed E-state index contributed by atoms with van der Waals surface area (Å²) in [4.78, 5) is 12.9. The highest BCUT2D eigenvalue weighted by atomic mass is 127. The van der Waals surface area contributed by atoms with Gasteiger partial charge in [0.2, 0.25) is 0 Å². The number of fused-ring (bicyclic) bond motifs is 1. The minimum atomic E-state index is -0.274. The van der Waals surface area contributed by atoms with Crippen molar-refractivity contribution in [1.82, 2.24) is 10.2 Å². The van der Waals surface area contributed by atoms with Gasteiger partial charge >= 0.3 is 0 Å². The number of halogens is 2. The van der Waals surface area contributed by atoms with Gasteiger partial charge in [0, 0.05) is 34.2 Å². The van der Waals surface area contributed by atoms with Gasteiger partial charge in [-0.15, -0.1) is 0 Å². The van der Waals surface area contributed by atoms with Crippen LogP contribution in [0.5, 0.6) is 0 Å². The number of benzene rings is 2. The quantitative estimate of drug-likeness (QED) is 0.411. The van der Waals surface area contributed by atoms with Crippen LogP contribution in [0.2, 0.25) is 0 Å². The molecule has 0 unspecified atom stereocenters. The largest absolute Gasteiger partial charge is 0.381 e. The van der Waals surface area contributed by atoms with Crippen molar-refractivity contribution in [3.63, 3.8) is 0 Å². The van der Waals surface area contributed by atoms with Crippen LogP contribution >= 0.6 is 22.6 Å². The number of nitrogens with zero attached hydrogens (tertiary/aromatic N) is 1. The maximum atomic E-state index is 14.4. The molecule has 0 atom stereocenters. The van der Waals surface area contributed by atoms with Crippen LogP contribution < -0.4 is 0 Å². The first kappa shape index (κ1) is 19.5. The molecule has 1 fully saturated rings. The van der Waals surface area contributed by atoms with Gasteiger partial charge in [0.25, 0.3) is 0 Å². The summed E-state index contributed by atoms with van der Waals surface area (Å²) in [5, 5.41) is 7.83. The number of Topliss-reactive ketones (excluding diaryl/α,β-unsaturated/α-hetero) is 1. The normalized spacial score (nSPS) is 15.2. The Morgan fingerprint density at radius 2 is 2.11 bits per heavy atom. The van der Waals surface area contributed by atoms with Crippen molar-refractivity contribution in [2.45, 2.75) is 25.4 Å². The van der Waals surface area contributed by atoms with Crippen LogP contribution in [0.25, 0.3) is 10.9 Å². The number of H-pyrrole nitrogens is 1. The van der Waals surface area contributed by atoms with E-state index in [1.54, 1.807) is 18.3 Å². The fourth-order valence-corrected chi connectivity index (χ4v) is 3.95. The molecule has 5 nitrogen and oxygen atoms in total. The van der Waals surface area contributed by atoms with Gasteiger partial charge in [-0.25, -0.2) is 4.39 Å². The van der Waals surface area contributed by atoms with Crippen molar-refractivity contribution in [2.24, 2.45) is 0 Å². The molecule has 0 radical (unpaired) electrons. The molecule has 1 aliphatic heterocycles. The molecule has 0 aliphatic carbocycles. The topological polar surface area (TPSA) is 64.2 Å². The van der Waals surface area contributed by atoms with Crippen molar-refractivity contribution in [1.29, 1.82) is 0 Å². The molecule has 4 rings (SSSR count). The van der Waals surface area contributed by atoms with E-state index in [0.29, 0.717) is 30.8 Å². The number of hydrogen-bond donors (Lipinski definition) is 1. The highest BCUT2D eigenvalue weighted by molar-refractivity contribution is 14.1. The van der Waals surface area contributed by atoms with Gasteiger partial charge < -0.3 is 9.47 Å². The highest BCUT2D eigenvalue weighted by Crippen LogP contribution is 2.26. The molecular formula is C21H20FIN2O3. The third kappa shape index (κ3) is 4.26. The summed E-state index contributed by atoms with van der Waals surface area (Å²) in [5.74, 6) is -0.375. The number of ketones is 1. The second-order valence-corrected chi connectivity index (χ2v) is 8.13. The molecule has 1 saturated heterocycles. The fraction of sp³-hybridized carbons (Fsp3) is 0.333. The molecule has 0 amide bonds. The third-order valence-corrected chi connectivity index (χ3v) is 5.71. The maximum absolute atomic E-state index is 14.4. The van der Waals surface area contributed by atoms with Gasteiger partial charge in [-0.1, -0.05) is 6.07 Å². The summed E-state index contributed by atoms with van der Waals surface area (Å²) < 4.78 is 26.4. The minimum absolute atomic E-state index is 0.0101. The molecule has 2 heterocycles. The molecular weight excluding hydrogens is 474 g/mol. The van der Waals surface area contributed by atoms with Crippen LogP contribution in [-0.2, 0) is 15.9 Å². The Hall–Kier alpha value is -1.84. The Morgan fingerprint density at radius 1 is 1.29 bits per heavy atom. The summed E-state index contributed by atoms with van der Waals surface area (Å²) in [5.41, 5.74) is 2.70. The Bertz CT molecular complexity index is 998. The lowest BCUT2D eigenvalue weighted by molar-refractivity contribution is -0.0262. The van der Waals surface area contributed by atoms with Gasteiger partial charge in [-0.3, -0.25) is 9.89 Å². The lowest BCUT2D eigenvalue weighted by Gasteiger charge is -2.22. The number of hydrogen-bond acceptors (Lipinski definition) is 4. The number of aromatic amines is 1. The second-order valence-electron chi connectivity index (χ2n) is 6.88. The summed E-state index contributed by atoms with van der Waals surface area (Å²) in [7, 11) is 0. The zero-order valence-corrected chi connectivity index (χ0v) is 17.4. The first-order valence-electron chi connectivity index (χ1n) is 9.23. The number of carbonyl (C=O) groups excluding carboxylic acids is 1. The summed E-state index contributed by atoms with van der Waals surface area (Å²) in [6.07, 6.45) is 3.65. The van der Waals surface area contributed by atoms with E-state index in [2.05, 4.69) is 32.8 Å². The van der Waals surface area contributed by atoms with E-state index in [9.17, 15) is 9.18 Å². The third-order valence-electron chi connectivity index (χ3n) is 5.04. The minimum Gasteiger partial charge on any atom is -0.381 e. The van der Waals surface area contributed by atoms with Crippen LogP contribution in [0, 0.1) is 9.39 Å². The first-order chi connectivity index (χ1) is 13.6. The van der Waals surface area contributed by atoms with Gasteiger partial charge in [0.05, 0.1) is 17.8 Å². The van der Waals surface area contributed by atoms with Crippen LogP contribution in [0.15, 0.2) is 36.5 Å². The fourth-order valence-electron chi connectivity index (χ4n) is 3.50. The van der Waals surface area contributed by atoms with Crippen molar-refractivity contribution >= 4 is 39.3 Å². The maximum Gasteiger partial charge on any atom is 0.188 e. The molecule has 7 heteroatoms.